The van der Waals surface area contributed by atoms with E-state index in [1.54, 1.807) is 32.2 Å². The standard InChI is InChI=1S/C22H23N3O3/c1-13-10-11-25(16(4)17-8-6-5-7-9-17)22(28)19(13)21(27)24-18-12-14(2)15(3)23-20(18)26/h5-12,16H,1-4H3,(H,23,26)(H,24,27). The lowest BCUT2D eigenvalue weighted by Gasteiger charge is -2.17. The quantitative estimate of drug-likeness (QED) is 0.731. The maximum atomic E-state index is 13.1. The zero-order valence-electron chi connectivity index (χ0n) is 16.4. The number of hydrogen-bond donors (Lipinski definition) is 2. The summed E-state index contributed by atoms with van der Waals surface area (Å²) in [5.74, 6) is -0.592. The molecule has 1 atom stereocenters. The third-order valence-electron chi connectivity index (χ3n) is 5.00. The molecule has 0 aliphatic carbocycles. The van der Waals surface area contributed by atoms with Gasteiger partial charge in [-0.15, -0.1) is 0 Å². The summed E-state index contributed by atoms with van der Waals surface area (Å²) in [6.07, 6.45) is 1.69. The van der Waals surface area contributed by atoms with Gasteiger partial charge in [-0.3, -0.25) is 14.4 Å². The highest BCUT2D eigenvalue weighted by Gasteiger charge is 2.20. The molecular formula is C22H23N3O3. The zero-order valence-corrected chi connectivity index (χ0v) is 16.4. The number of aryl methyl sites for hydroxylation is 3. The summed E-state index contributed by atoms with van der Waals surface area (Å²) in [4.78, 5) is 40.7. The van der Waals surface area contributed by atoms with E-state index >= 15 is 0 Å². The molecule has 2 heterocycles. The third kappa shape index (κ3) is 3.67. The van der Waals surface area contributed by atoms with Gasteiger partial charge in [-0.25, -0.2) is 0 Å². The molecule has 0 aliphatic rings. The Kier molecular flexibility index (Phi) is 5.31. The molecule has 1 unspecified atom stereocenters. The second kappa shape index (κ2) is 7.68. The van der Waals surface area contributed by atoms with Crippen LogP contribution in [0, 0.1) is 20.8 Å². The predicted octanol–water partition coefficient (Wildman–Crippen LogP) is 3.32. The van der Waals surface area contributed by atoms with Crippen LogP contribution in [0.2, 0.25) is 0 Å². The molecule has 0 aliphatic heterocycles. The molecule has 1 aromatic carbocycles. The van der Waals surface area contributed by atoms with Gasteiger partial charge in [0.05, 0.1) is 6.04 Å². The van der Waals surface area contributed by atoms with Crippen molar-refractivity contribution in [2.75, 3.05) is 5.32 Å². The second-order valence-corrected chi connectivity index (χ2v) is 6.95. The molecule has 0 bridgehead atoms. The number of pyridine rings is 2. The Balaban J connectivity index is 2.00. The lowest BCUT2D eigenvalue weighted by atomic mass is 10.1. The number of benzene rings is 1. The number of carbonyl (C=O) groups is 1. The summed E-state index contributed by atoms with van der Waals surface area (Å²) in [6.45, 7) is 7.23. The molecule has 3 rings (SSSR count). The van der Waals surface area contributed by atoms with Gasteiger partial charge >= 0.3 is 0 Å². The monoisotopic (exact) mass is 377 g/mol. The molecule has 1 amide bonds. The van der Waals surface area contributed by atoms with Crippen molar-refractivity contribution in [3.63, 3.8) is 0 Å². The molecule has 3 aromatic rings. The van der Waals surface area contributed by atoms with Crippen LogP contribution in [0.3, 0.4) is 0 Å². The average molecular weight is 377 g/mol. The van der Waals surface area contributed by atoms with Gasteiger partial charge in [0.2, 0.25) is 0 Å². The van der Waals surface area contributed by atoms with Gasteiger partial charge in [0.15, 0.2) is 0 Å². The van der Waals surface area contributed by atoms with Gasteiger partial charge in [0, 0.05) is 11.9 Å². The number of aromatic amines is 1. The lowest BCUT2D eigenvalue weighted by molar-refractivity contribution is 0.102. The number of nitrogens with one attached hydrogen (secondary N) is 2. The minimum Gasteiger partial charge on any atom is -0.324 e. The molecule has 2 N–H and O–H groups in total. The number of H-pyrrole nitrogens is 1. The number of hydrogen-bond acceptors (Lipinski definition) is 3. The van der Waals surface area contributed by atoms with E-state index in [9.17, 15) is 14.4 Å². The first-order valence-corrected chi connectivity index (χ1v) is 9.08. The van der Waals surface area contributed by atoms with E-state index in [1.807, 2.05) is 44.2 Å². The average Bonchev–Trinajstić information content (AvgIpc) is 2.66. The molecule has 6 nitrogen and oxygen atoms in total. The van der Waals surface area contributed by atoms with Gasteiger partial charge in [-0.2, -0.15) is 0 Å². The van der Waals surface area contributed by atoms with Crippen molar-refractivity contribution in [1.29, 1.82) is 0 Å². The van der Waals surface area contributed by atoms with E-state index in [-0.39, 0.29) is 17.3 Å². The van der Waals surface area contributed by atoms with Crippen molar-refractivity contribution < 1.29 is 4.79 Å². The highest BCUT2D eigenvalue weighted by molar-refractivity contribution is 6.04. The van der Waals surface area contributed by atoms with Crippen LogP contribution in [0.4, 0.5) is 5.69 Å². The fourth-order valence-electron chi connectivity index (χ4n) is 3.12. The largest absolute Gasteiger partial charge is 0.324 e. The highest BCUT2D eigenvalue weighted by atomic mass is 16.2. The summed E-state index contributed by atoms with van der Waals surface area (Å²) in [7, 11) is 0. The predicted molar refractivity (Wildman–Crippen MR) is 110 cm³/mol. The Morgan fingerprint density at radius 1 is 1.04 bits per heavy atom. The van der Waals surface area contributed by atoms with Gasteiger partial charge in [0.25, 0.3) is 17.0 Å². The van der Waals surface area contributed by atoms with Crippen molar-refractivity contribution in [2.24, 2.45) is 0 Å². The van der Waals surface area contributed by atoms with E-state index in [4.69, 9.17) is 0 Å². The van der Waals surface area contributed by atoms with Crippen molar-refractivity contribution >= 4 is 11.6 Å². The molecule has 0 saturated carbocycles. The molecular weight excluding hydrogens is 354 g/mol. The molecule has 0 radical (unpaired) electrons. The summed E-state index contributed by atoms with van der Waals surface area (Å²) in [5, 5.41) is 2.59. The molecule has 28 heavy (non-hydrogen) atoms. The molecule has 0 spiro atoms. The molecule has 2 aromatic heterocycles. The first-order valence-electron chi connectivity index (χ1n) is 9.08. The van der Waals surface area contributed by atoms with Gasteiger partial charge in [0.1, 0.15) is 11.3 Å². The lowest BCUT2D eigenvalue weighted by Crippen LogP contribution is -2.33. The Hall–Kier alpha value is -3.41. The number of carbonyl (C=O) groups excluding carboxylic acids is 1. The first-order chi connectivity index (χ1) is 13.3. The van der Waals surface area contributed by atoms with Crippen LogP contribution in [0.15, 0.2) is 58.3 Å². The van der Waals surface area contributed by atoms with Crippen molar-refractivity contribution in [1.82, 2.24) is 9.55 Å². The minimum atomic E-state index is -0.592. The smallest absolute Gasteiger partial charge is 0.271 e. The summed E-state index contributed by atoms with van der Waals surface area (Å²) in [6, 6.07) is 12.7. The molecule has 0 fully saturated rings. The Labute approximate surface area is 162 Å². The Morgan fingerprint density at radius 2 is 1.71 bits per heavy atom. The number of anilines is 1. The van der Waals surface area contributed by atoms with Gasteiger partial charge in [-0.05, 0) is 56.5 Å². The SMILES string of the molecule is Cc1cc(NC(=O)c2c(C)ccn(C(C)c3ccccc3)c2=O)c(=O)[nH]c1C. The third-order valence-corrected chi connectivity index (χ3v) is 5.00. The first kappa shape index (κ1) is 19.4. The fraction of sp³-hybridized carbons (Fsp3) is 0.227. The minimum absolute atomic E-state index is 0.0305. The number of nitrogens with zero attached hydrogens (tertiary/aromatic N) is 1. The van der Waals surface area contributed by atoms with Crippen LogP contribution in [0.5, 0.6) is 0 Å². The molecule has 6 heteroatoms. The zero-order chi connectivity index (χ0) is 20.4. The van der Waals surface area contributed by atoms with Crippen molar-refractivity contribution in [3.8, 4) is 0 Å². The van der Waals surface area contributed by atoms with E-state index in [0.717, 1.165) is 16.8 Å². The van der Waals surface area contributed by atoms with Gasteiger partial charge < -0.3 is 14.9 Å². The van der Waals surface area contributed by atoms with E-state index in [2.05, 4.69) is 10.3 Å². The maximum absolute atomic E-state index is 13.1. The maximum Gasteiger partial charge on any atom is 0.271 e. The summed E-state index contributed by atoms with van der Waals surface area (Å²) in [5.41, 5.74) is 2.45. The number of amides is 1. The van der Waals surface area contributed by atoms with Crippen LogP contribution in [-0.4, -0.2) is 15.5 Å². The highest BCUT2D eigenvalue weighted by Crippen LogP contribution is 2.17. The van der Waals surface area contributed by atoms with Crippen LogP contribution < -0.4 is 16.4 Å². The number of aromatic nitrogens is 2. The Morgan fingerprint density at radius 3 is 2.39 bits per heavy atom. The van der Waals surface area contributed by atoms with E-state index in [1.165, 1.54) is 4.57 Å². The fourth-order valence-corrected chi connectivity index (χ4v) is 3.12. The van der Waals surface area contributed by atoms with Crippen LogP contribution in [-0.2, 0) is 0 Å². The molecule has 144 valence electrons. The normalized spacial score (nSPS) is 11.9. The second-order valence-electron chi connectivity index (χ2n) is 6.95. The van der Waals surface area contributed by atoms with Crippen LogP contribution in [0.1, 0.15) is 45.7 Å². The molecule has 0 saturated heterocycles. The van der Waals surface area contributed by atoms with E-state index < -0.39 is 17.0 Å². The van der Waals surface area contributed by atoms with Gasteiger partial charge in [-0.1, -0.05) is 30.3 Å². The summed E-state index contributed by atoms with van der Waals surface area (Å²) < 4.78 is 1.53. The Bertz CT molecular complexity index is 1140. The van der Waals surface area contributed by atoms with Crippen molar-refractivity contribution in [2.45, 2.75) is 33.7 Å². The van der Waals surface area contributed by atoms with Crippen LogP contribution >= 0.6 is 0 Å². The summed E-state index contributed by atoms with van der Waals surface area (Å²) >= 11 is 0. The number of rotatable bonds is 4. The van der Waals surface area contributed by atoms with Crippen molar-refractivity contribution in [3.05, 3.63) is 97.3 Å². The topological polar surface area (TPSA) is 84.0 Å². The van der Waals surface area contributed by atoms with Crippen LogP contribution in [0.25, 0.3) is 0 Å². The van der Waals surface area contributed by atoms with E-state index in [0.29, 0.717) is 5.56 Å².